The minimum absolute atomic E-state index is 0.109. The number of rotatable bonds is 5. The summed E-state index contributed by atoms with van der Waals surface area (Å²) in [4.78, 5) is 12.4. The van der Waals surface area contributed by atoms with Gasteiger partial charge in [-0.05, 0) is 61.6 Å². The number of nitrogens with one attached hydrogen (secondary N) is 1. The zero-order chi connectivity index (χ0) is 16.5. The Morgan fingerprint density at radius 3 is 2.83 bits per heavy atom. The highest BCUT2D eigenvalue weighted by Crippen LogP contribution is 2.49. The first-order chi connectivity index (χ1) is 11.7. The molecule has 1 aromatic heterocycles. The molecule has 0 radical (unpaired) electrons. The van der Waals surface area contributed by atoms with Gasteiger partial charge in [0.2, 0.25) is 5.91 Å². The van der Waals surface area contributed by atoms with Gasteiger partial charge < -0.3 is 5.32 Å². The van der Waals surface area contributed by atoms with Crippen molar-refractivity contribution >= 4 is 5.91 Å². The zero-order valence-corrected chi connectivity index (χ0v) is 14.2. The van der Waals surface area contributed by atoms with E-state index >= 15 is 0 Å². The molecule has 126 valence electrons. The fourth-order valence-electron chi connectivity index (χ4n) is 4.68. The average molecular weight is 323 g/mol. The maximum absolute atomic E-state index is 12.4. The molecule has 4 rings (SSSR count). The van der Waals surface area contributed by atoms with Gasteiger partial charge in [-0.1, -0.05) is 24.6 Å². The molecule has 0 saturated heterocycles. The minimum atomic E-state index is 0.109. The van der Waals surface area contributed by atoms with Crippen molar-refractivity contribution < 1.29 is 4.79 Å². The quantitative estimate of drug-likeness (QED) is 0.917. The Kier molecular flexibility index (Phi) is 4.13. The predicted octanol–water partition coefficient (Wildman–Crippen LogP) is 3.36. The van der Waals surface area contributed by atoms with Crippen LogP contribution in [0.2, 0.25) is 0 Å². The molecule has 1 amide bonds. The molecule has 24 heavy (non-hydrogen) atoms. The lowest BCUT2D eigenvalue weighted by molar-refractivity contribution is -0.121. The van der Waals surface area contributed by atoms with Crippen molar-refractivity contribution in [2.24, 2.45) is 17.8 Å². The van der Waals surface area contributed by atoms with Crippen LogP contribution < -0.4 is 5.32 Å². The van der Waals surface area contributed by atoms with Gasteiger partial charge >= 0.3 is 0 Å². The summed E-state index contributed by atoms with van der Waals surface area (Å²) in [7, 11) is 0. The van der Waals surface area contributed by atoms with Crippen LogP contribution in [-0.2, 0) is 11.2 Å². The van der Waals surface area contributed by atoms with Crippen LogP contribution in [0.25, 0.3) is 5.69 Å². The van der Waals surface area contributed by atoms with Gasteiger partial charge in [0.15, 0.2) is 0 Å². The molecule has 1 heterocycles. The number of nitrogens with zero attached hydrogens (tertiary/aromatic N) is 2. The highest BCUT2D eigenvalue weighted by molar-refractivity contribution is 5.78. The van der Waals surface area contributed by atoms with Gasteiger partial charge in [0.25, 0.3) is 0 Å². The molecule has 4 atom stereocenters. The molecule has 2 aliphatic rings. The molecular weight excluding hydrogens is 298 g/mol. The Bertz CT molecular complexity index is 709. The number of para-hydroxylation sites is 1. The zero-order valence-electron chi connectivity index (χ0n) is 14.2. The molecule has 2 bridgehead atoms. The first-order valence-corrected chi connectivity index (χ1v) is 9.07. The van der Waals surface area contributed by atoms with E-state index in [-0.39, 0.29) is 11.9 Å². The largest absolute Gasteiger partial charge is 0.353 e. The molecule has 1 aromatic carbocycles. The average Bonchev–Trinajstić information content (AvgIpc) is 3.32. The van der Waals surface area contributed by atoms with Crippen LogP contribution in [0.3, 0.4) is 0 Å². The van der Waals surface area contributed by atoms with Crippen LogP contribution in [0.5, 0.6) is 0 Å². The Morgan fingerprint density at radius 2 is 2.12 bits per heavy atom. The van der Waals surface area contributed by atoms with Crippen molar-refractivity contribution in [3.05, 3.63) is 48.3 Å². The van der Waals surface area contributed by atoms with Crippen LogP contribution in [0, 0.1) is 17.8 Å². The van der Waals surface area contributed by atoms with Crippen molar-refractivity contribution in [3.63, 3.8) is 0 Å². The monoisotopic (exact) mass is 323 g/mol. The van der Waals surface area contributed by atoms with Crippen LogP contribution in [-0.4, -0.2) is 21.7 Å². The molecule has 4 nitrogen and oxygen atoms in total. The van der Waals surface area contributed by atoms with Crippen molar-refractivity contribution in [1.82, 2.24) is 15.1 Å². The number of amides is 1. The maximum atomic E-state index is 12.4. The lowest BCUT2D eigenvalue weighted by Gasteiger charge is -2.28. The van der Waals surface area contributed by atoms with E-state index in [0.29, 0.717) is 12.3 Å². The molecule has 0 spiro atoms. The van der Waals surface area contributed by atoms with Crippen molar-refractivity contribution in [2.75, 3.05) is 0 Å². The lowest BCUT2D eigenvalue weighted by atomic mass is 9.84. The van der Waals surface area contributed by atoms with Gasteiger partial charge in [0, 0.05) is 12.2 Å². The molecule has 2 fully saturated rings. The Hall–Kier alpha value is -2.10. The van der Waals surface area contributed by atoms with E-state index in [9.17, 15) is 4.79 Å². The second-order valence-corrected chi connectivity index (χ2v) is 7.50. The van der Waals surface area contributed by atoms with Crippen LogP contribution >= 0.6 is 0 Å². The molecule has 0 aliphatic heterocycles. The normalized spacial score (nSPS) is 26.5. The van der Waals surface area contributed by atoms with E-state index in [4.69, 9.17) is 0 Å². The summed E-state index contributed by atoms with van der Waals surface area (Å²) in [6.07, 6.45) is 9.58. The van der Waals surface area contributed by atoms with Crippen molar-refractivity contribution in [3.8, 4) is 5.69 Å². The molecule has 1 N–H and O–H groups in total. The van der Waals surface area contributed by atoms with Gasteiger partial charge in [0.05, 0.1) is 18.3 Å². The fraction of sp³-hybridized carbons (Fsp3) is 0.500. The topological polar surface area (TPSA) is 46.9 Å². The third-order valence-electron chi connectivity index (χ3n) is 5.85. The first kappa shape index (κ1) is 15.4. The molecule has 2 aromatic rings. The third kappa shape index (κ3) is 3.10. The number of hydrogen-bond donors (Lipinski definition) is 1. The first-order valence-electron chi connectivity index (χ1n) is 9.07. The highest BCUT2D eigenvalue weighted by Gasteiger charge is 2.42. The second kappa shape index (κ2) is 6.42. The standard InChI is InChI=1S/C20H25N3O/c1-14(19-10-15-7-8-17(19)9-15)22-20(24)11-16-12-21-23(13-16)18-5-3-2-4-6-18/h2-6,12-15,17,19H,7-11H2,1H3,(H,22,24)/t14-,15+,17+,19-/m1/s1. The summed E-state index contributed by atoms with van der Waals surface area (Å²) in [6.45, 7) is 2.18. The van der Waals surface area contributed by atoms with Gasteiger partial charge in [-0.3, -0.25) is 4.79 Å². The van der Waals surface area contributed by atoms with E-state index in [0.717, 1.165) is 23.1 Å². The Labute approximate surface area is 143 Å². The van der Waals surface area contributed by atoms with Gasteiger partial charge in [-0.2, -0.15) is 5.10 Å². The van der Waals surface area contributed by atoms with Gasteiger partial charge in [0.1, 0.15) is 0 Å². The number of hydrogen-bond acceptors (Lipinski definition) is 2. The number of carbonyl (C=O) groups excluding carboxylic acids is 1. The van der Waals surface area contributed by atoms with Crippen molar-refractivity contribution in [1.29, 1.82) is 0 Å². The van der Waals surface area contributed by atoms with Crippen LogP contribution in [0.1, 0.15) is 38.2 Å². The van der Waals surface area contributed by atoms with E-state index in [1.807, 2.05) is 41.2 Å². The van der Waals surface area contributed by atoms with E-state index in [1.165, 1.54) is 25.7 Å². The van der Waals surface area contributed by atoms with E-state index < -0.39 is 0 Å². The predicted molar refractivity (Wildman–Crippen MR) is 93.8 cm³/mol. The smallest absolute Gasteiger partial charge is 0.224 e. The van der Waals surface area contributed by atoms with Crippen molar-refractivity contribution in [2.45, 2.75) is 45.1 Å². The number of carbonyl (C=O) groups is 1. The van der Waals surface area contributed by atoms with E-state index in [2.05, 4.69) is 17.3 Å². The summed E-state index contributed by atoms with van der Waals surface area (Å²) in [5, 5.41) is 7.59. The summed E-state index contributed by atoms with van der Waals surface area (Å²) in [5.41, 5.74) is 1.97. The second-order valence-electron chi connectivity index (χ2n) is 7.50. The fourth-order valence-corrected chi connectivity index (χ4v) is 4.68. The summed E-state index contributed by atoms with van der Waals surface area (Å²) in [6, 6.07) is 10.3. The van der Waals surface area contributed by atoms with Crippen LogP contribution in [0.15, 0.2) is 42.7 Å². The molecule has 4 heteroatoms. The van der Waals surface area contributed by atoms with E-state index in [1.54, 1.807) is 6.20 Å². The molecule has 2 aliphatic carbocycles. The van der Waals surface area contributed by atoms with Gasteiger partial charge in [-0.15, -0.1) is 0 Å². The molecular formula is C20H25N3O. The SMILES string of the molecule is C[C@@H](NC(=O)Cc1cnn(-c2ccccc2)c1)[C@H]1C[C@H]2CC[C@H]1C2. The molecule has 0 unspecified atom stereocenters. The van der Waals surface area contributed by atoms with Gasteiger partial charge in [-0.25, -0.2) is 4.68 Å². The third-order valence-corrected chi connectivity index (χ3v) is 5.85. The number of benzene rings is 1. The molecule has 2 saturated carbocycles. The summed E-state index contributed by atoms with van der Waals surface area (Å²) < 4.78 is 1.82. The van der Waals surface area contributed by atoms with Crippen LogP contribution in [0.4, 0.5) is 0 Å². The maximum Gasteiger partial charge on any atom is 0.224 e. The number of aromatic nitrogens is 2. The minimum Gasteiger partial charge on any atom is -0.353 e. The number of fused-ring (bicyclic) bond motifs is 2. The summed E-state index contributed by atoms with van der Waals surface area (Å²) >= 11 is 0. The Balaban J connectivity index is 1.34. The summed E-state index contributed by atoms with van der Waals surface area (Å²) in [5.74, 6) is 2.55. The highest BCUT2D eigenvalue weighted by atomic mass is 16.1. The lowest BCUT2D eigenvalue weighted by Crippen LogP contribution is -2.40. The Morgan fingerprint density at radius 1 is 1.29 bits per heavy atom.